The molecule has 9 rings (SSSR count). The maximum Gasteiger partial charge on any atom is 0.0624 e. The van der Waals surface area contributed by atoms with Crippen LogP contribution in [0.3, 0.4) is 0 Å². The van der Waals surface area contributed by atoms with E-state index >= 15 is 0 Å². The number of anilines is 3. The Bertz CT molecular complexity index is 2490. The smallest absolute Gasteiger partial charge is 0.0624 e. The topological polar surface area (TPSA) is 3.24 Å². The minimum Gasteiger partial charge on any atom is -0.309 e. The quantitative estimate of drug-likeness (QED) is 0.155. The second-order valence-corrected chi connectivity index (χ2v) is 12.9. The van der Waals surface area contributed by atoms with Crippen molar-refractivity contribution in [3.8, 4) is 44.5 Å². The molecule has 0 fully saturated rings. The van der Waals surface area contributed by atoms with Gasteiger partial charge in [0.2, 0.25) is 0 Å². The molecule has 0 spiro atoms. The first-order valence-corrected chi connectivity index (χ1v) is 17.5. The predicted molar refractivity (Wildman–Crippen MR) is 218 cm³/mol. The first-order chi connectivity index (χ1) is 25.3. The van der Waals surface area contributed by atoms with Crippen LogP contribution < -0.4 is 4.90 Å². The van der Waals surface area contributed by atoms with Crippen LogP contribution in [0.4, 0.5) is 17.1 Å². The molecule has 0 aromatic heterocycles. The molecule has 0 atom stereocenters. The monoisotopic (exact) mass is 649 g/mol. The molecule has 0 amide bonds. The average molecular weight is 650 g/mol. The van der Waals surface area contributed by atoms with E-state index < -0.39 is 0 Å². The first-order valence-electron chi connectivity index (χ1n) is 17.5. The van der Waals surface area contributed by atoms with Crippen LogP contribution in [-0.4, -0.2) is 0 Å². The molecule has 0 heterocycles. The summed E-state index contributed by atoms with van der Waals surface area (Å²) in [4.78, 5) is 2.46. The molecular weight excluding hydrogens is 615 g/mol. The molecule has 9 aromatic rings. The van der Waals surface area contributed by atoms with E-state index in [-0.39, 0.29) is 0 Å². The van der Waals surface area contributed by atoms with Crippen molar-refractivity contribution in [1.82, 2.24) is 0 Å². The number of benzene rings is 9. The van der Waals surface area contributed by atoms with Crippen molar-refractivity contribution in [3.63, 3.8) is 0 Å². The molecule has 0 unspecified atom stereocenters. The Labute approximate surface area is 299 Å². The van der Waals surface area contributed by atoms with E-state index in [2.05, 4.69) is 217 Å². The Hall–Kier alpha value is -6.70. The summed E-state index contributed by atoms with van der Waals surface area (Å²) in [6.45, 7) is 0. The number of fused-ring (bicyclic) bond motifs is 3. The van der Waals surface area contributed by atoms with Gasteiger partial charge < -0.3 is 4.90 Å². The number of nitrogens with zero attached hydrogens (tertiary/aromatic N) is 1. The van der Waals surface area contributed by atoms with Crippen LogP contribution in [0.25, 0.3) is 66.1 Å². The molecule has 0 saturated heterocycles. The second-order valence-electron chi connectivity index (χ2n) is 12.9. The molecule has 0 aliphatic heterocycles. The van der Waals surface area contributed by atoms with Crippen molar-refractivity contribution < 1.29 is 0 Å². The lowest BCUT2D eigenvalue weighted by Gasteiger charge is -2.31. The molecule has 0 saturated carbocycles. The Balaban J connectivity index is 1.31. The Kier molecular flexibility index (Phi) is 7.92. The summed E-state index contributed by atoms with van der Waals surface area (Å²) in [6.07, 6.45) is 0. The van der Waals surface area contributed by atoms with Gasteiger partial charge in [0.05, 0.1) is 5.69 Å². The number of rotatable bonds is 7. The van der Waals surface area contributed by atoms with Crippen molar-refractivity contribution >= 4 is 38.6 Å². The van der Waals surface area contributed by atoms with Crippen LogP contribution in [-0.2, 0) is 0 Å². The highest BCUT2D eigenvalue weighted by molar-refractivity contribution is 6.22. The molecule has 0 aliphatic rings. The van der Waals surface area contributed by atoms with E-state index in [1.165, 1.54) is 66.1 Å². The highest BCUT2D eigenvalue weighted by atomic mass is 15.1. The second kappa shape index (κ2) is 13.3. The van der Waals surface area contributed by atoms with Gasteiger partial charge in [0.25, 0.3) is 0 Å². The van der Waals surface area contributed by atoms with Gasteiger partial charge in [0.15, 0.2) is 0 Å². The highest BCUT2D eigenvalue weighted by Crippen LogP contribution is 2.49. The SMILES string of the molecule is c1ccc(-c2ccc(-c3c(N(c4ccc(-c5ccccc5)cc4)c4ccc(-c5ccccc5)cc4)c4ccccc4c4ccccc34)cc2)cc1. The zero-order valence-corrected chi connectivity index (χ0v) is 28.2. The standard InChI is InChI=1S/C50H35N/c1-4-14-36(15-5-1)39-24-26-42(27-25-39)49-47-22-12-10-20-45(47)46-21-11-13-23-48(46)50(49)51(43-32-28-40(29-33-43)37-16-6-2-7-17-37)44-34-30-41(31-35-44)38-18-8-3-9-19-38/h1-35H. The summed E-state index contributed by atoms with van der Waals surface area (Å²) < 4.78 is 0. The molecule has 0 aliphatic carbocycles. The summed E-state index contributed by atoms with van der Waals surface area (Å²) >= 11 is 0. The minimum absolute atomic E-state index is 1.10. The van der Waals surface area contributed by atoms with Crippen molar-refractivity contribution in [1.29, 1.82) is 0 Å². The van der Waals surface area contributed by atoms with Gasteiger partial charge >= 0.3 is 0 Å². The van der Waals surface area contributed by atoms with Crippen LogP contribution in [0.15, 0.2) is 212 Å². The van der Waals surface area contributed by atoms with Gasteiger partial charge in [-0.3, -0.25) is 0 Å². The van der Waals surface area contributed by atoms with Gasteiger partial charge in [0, 0.05) is 22.3 Å². The summed E-state index contributed by atoms with van der Waals surface area (Å²) in [5.41, 5.74) is 13.0. The van der Waals surface area contributed by atoms with E-state index in [0.29, 0.717) is 0 Å². The lowest BCUT2D eigenvalue weighted by Crippen LogP contribution is -2.12. The fourth-order valence-corrected chi connectivity index (χ4v) is 7.38. The first kappa shape index (κ1) is 30.4. The maximum atomic E-state index is 2.46. The van der Waals surface area contributed by atoms with E-state index in [9.17, 15) is 0 Å². The molecule has 0 bridgehead atoms. The lowest BCUT2D eigenvalue weighted by molar-refractivity contribution is 1.30. The van der Waals surface area contributed by atoms with Gasteiger partial charge in [-0.05, 0) is 79.4 Å². The summed E-state index contributed by atoms with van der Waals surface area (Å²) in [6, 6.07) is 76.7. The minimum atomic E-state index is 1.10. The van der Waals surface area contributed by atoms with Crippen molar-refractivity contribution in [2.45, 2.75) is 0 Å². The summed E-state index contributed by atoms with van der Waals surface area (Å²) in [5.74, 6) is 0. The van der Waals surface area contributed by atoms with Gasteiger partial charge in [-0.25, -0.2) is 0 Å². The van der Waals surface area contributed by atoms with E-state index in [4.69, 9.17) is 0 Å². The predicted octanol–water partition coefficient (Wildman–Crippen LogP) is 14.1. The van der Waals surface area contributed by atoms with E-state index in [1.807, 2.05) is 0 Å². The fraction of sp³-hybridized carbons (Fsp3) is 0. The number of hydrogen-bond donors (Lipinski definition) is 0. The molecular formula is C50H35N. The molecule has 0 radical (unpaired) electrons. The van der Waals surface area contributed by atoms with Crippen molar-refractivity contribution in [3.05, 3.63) is 212 Å². The van der Waals surface area contributed by atoms with Gasteiger partial charge in [-0.2, -0.15) is 0 Å². The van der Waals surface area contributed by atoms with Crippen LogP contribution >= 0.6 is 0 Å². The van der Waals surface area contributed by atoms with E-state index in [0.717, 1.165) is 17.1 Å². The Morgan fingerprint density at radius 3 is 0.941 bits per heavy atom. The lowest BCUT2D eigenvalue weighted by atomic mass is 9.89. The number of hydrogen-bond acceptors (Lipinski definition) is 1. The Morgan fingerprint density at radius 2 is 0.510 bits per heavy atom. The van der Waals surface area contributed by atoms with Gasteiger partial charge in [0.1, 0.15) is 0 Å². The zero-order valence-electron chi connectivity index (χ0n) is 28.2. The average Bonchev–Trinajstić information content (AvgIpc) is 3.22. The largest absolute Gasteiger partial charge is 0.309 e. The van der Waals surface area contributed by atoms with Crippen molar-refractivity contribution in [2.75, 3.05) is 4.90 Å². The van der Waals surface area contributed by atoms with Gasteiger partial charge in [-0.15, -0.1) is 0 Å². The maximum absolute atomic E-state index is 2.46. The van der Waals surface area contributed by atoms with Crippen LogP contribution in [0.1, 0.15) is 0 Å². The molecule has 0 N–H and O–H groups in total. The third-order valence-electron chi connectivity index (χ3n) is 9.88. The highest BCUT2D eigenvalue weighted by Gasteiger charge is 2.23. The zero-order chi connectivity index (χ0) is 34.0. The summed E-state index contributed by atoms with van der Waals surface area (Å²) in [5, 5.41) is 4.92. The Morgan fingerprint density at radius 1 is 0.216 bits per heavy atom. The molecule has 51 heavy (non-hydrogen) atoms. The normalized spacial score (nSPS) is 11.1. The van der Waals surface area contributed by atoms with Crippen molar-refractivity contribution in [2.24, 2.45) is 0 Å². The van der Waals surface area contributed by atoms with Crippen LogP contribution in [0.5, 0.6) is 0 Å². The molecule has 9 aromatic carbocycles. The third kappa shape index (κ3) is 5.75. The van der Waals surface area contributed by atoms with Crippen LogP contribution in [0, 0.1) is 0 Å². The van der Waals surface area contributed by atoms with E-state index in [1.54, 1.807) is 0 Å². The van der Waals surface area contributed by atoms with Gasteiger partial charge in [-0.1, -0.05) is 188 Å². The fourth-order valence-electron chi connectivity index (χ4n) is 7.38. The summed E-state index contributed by atoms with van der Waals surface area (Å²) in [7, 11) is 0. The molecule has 240 valence electrons. The third-order valence-corrected chi connectivity index (χ3v) is 9.88. The van der Waals surface area contributed by atoms with Crippen LogP contribution in [0.2, 0.25) is 0 Å². The molecule has 1 heteroatoms. The molecule has 1 nitrogen and oxygen atoms in total.